The average molecular weight is 490 g/mol. The first-order chi connectivity index (χ1) is 16.8. The van der Waals surface area contributed by atoms with E-state index in [9.17, 15) is 14.4 Å². The van der Waals surface area contributed by atoms with Gasteiger partial charge in [0.1, 0.15) is 5.56 Å². The first kappa shape index (κ1) is 25.1. The molecule has 190 valence electrons. The highest BCUT2D eigenvalue weighted by atomic mass is 19.2. The summed E-state index contributed by atoms with van der Waals surface area (Å²) in [6, 6.07) is 1.04. The summed E-state index contributed by atoms with van der Waals surface area (Å²) in [5, 5.41) is 14.2. The minimum atomic E-state index is -1.24. The lowest BCUT2D eigenvalue weighted by Crippen LogP contribution is -2.36. The Hall–Kier alpha value is -2.97. The molecule has 1 aromatic carbocycles. The van der Waals surface area contributed by atoms with Crippen molar-refractivity contribution < 1.29 is 23.5 Å². The van der Waals surface area contributed by atoms with Crippen LogP contribution in [-0.2, 0) is 4.79 Å². The van der Waals surface area contributed by atoms with Gasteiger partial charge in [0.15, 0.2) is 11.6 Å². The van der Waals surface area contributed by atoms with Gasteiger partial charge in [-0.15, -0.1) is 0 Å². The van der Waals surface area contributed by atoms with E-state index < -0.39 is 40.4 Å². The Kier molecular flexibility index (Phi) is 7.72. The Morgan fingerprint density at radius 3 is 2.40 bits per heavy atom. The maximum atomic E-state index is 15.4. The summed E-state index contributed by atoms with van der Waals surface area (Å²) >= 11 is 0. The Labute approximate surface area is 202 Å². The summed E-state index contributed by atoms with van der Waals surface area (Å²) < 4.78 is 32.3. The smallest absolute Gasteiger partial charge is 0.303 e. The number of hydrogen-bond donors (Lipinski definition) is 3. The first-order valence-electron chi connectivity index (χ1n) is 12.6. The third-order valence-corrected chi connectivity index (χ3v) is 7.30. The number of nitrogens with zero attached hydrogens (tertiary/aromatic N) is 1. The number of benzene rings is 1. The van der Waals surface area contributed by atoms with Gasteiger partial charge in [-0.05, 0) is 45.1 Å². The van der Waals surface area contributed by atoms with Gasteiger partial charge in [0.05, 0.1) is 16.6 Å². The number of rotatable bonds is 8. The molecule has 0 radical (unpaired) electrons. The molecule has 2 fully saturated rings. The van der Waals surface area contributed by atoms with Gasteiger partial charge in [0.25, 0.3) is 5.91 Å². The molecule has 0 unspecified atom stereocenters. The molecule has 2 aliphatic carbocycles. The zero-order valence-electron chi connectivity index (χ0n) is 20.0. The number of nitrogens with one attached hydrogen (secondary N) is 2. The number of aliphatic carboxylic acids is 1. The summed E-state index contributed by atoms with van der Waals surface area (Å²) in [4.78, 5) is 37.0. The quantitative estimate of drug-likeness (QED) is 0.478. The molecular formula is C26H33F2N3O4. The number of fused-ring (bicyclic) bond motifs is 1. The molecule has 1 heterocycles. The highest BCUT2D eigenvalue weighted by Crippen LogP contribution is 2.35. The minimum Gasteiger partial charge on any atom is -0.481 e. The van der Waals surface area contributed by atoms with Gasteiger partial charge in [-0.2, -0.15) is 0 Å². The summed E-state index contributed by atoms with van der Waals surface area (Å²) in [6.07, 6.45) is 10.1. The van der Waals surface area contributed by atoms with E-state index in [1.807, 2.05) is 0 Å². The molecule has 0 spiro atoms. The first-order valence-corrected chi connectivity index (χ1v) is 12.6. The van der Waals surface area contributed by atoms with Crippen LogP contribution in [0, 0.1) is 11.6 Å². The zero-order valence-corrected chi connectivity index (χ0v) is 20.0. The van der Waals surface area contributed by atoms with Crippen molar-refractivity contribution in [3.8, 4) is 0 Å². The van der Waals surface area contributed by atoms with Crippen LogP contribution in [0.1, 0.15) is 94.0 Å². The van der Waals surface area contributed by atoms with Gasteiger partial charge < -0.3 is 20.3 Å². The molecule has 9 heteroatoms. The van der Waals surface area contributed by atoms with Crippen molar-refractivity contribution in [3.63, 3.8) is 0 Å². The number of hydrogen-bond acceptors (Lipinski definition) is 4. The van der Waals surface area contributed by atoms with Crippen LogP contribution in [0.15, 0.2) is 17.1 Å². The van der Waals surface area contributed by atoms with E-state index in [-0.39, 0.29) is 41.7 Å². The largest absolute Gasteiger partial charge is 0.481 e. The fourth-order valence-corrected chi connectivity index (χ4v) is 5.37. The van der Waals surface area contributed by atoms with E-state index in [4.69, 9.17) is 5.11 Å². The third-order valence-electron chi connectivity index (χ3n) is 7.30. The number of carbonyl (C=O) groups is 2. The highest BCUT2D eigenvalue weighted by Gasteiger charge is 2.27. The molecule has 1 atom stereocenters. The van der Waals surface area contributed by atoms with Crippen molar-refractivity contribution in [1.29, 1.82) is 0 Å². The molecule has 3 N–H and O–H groups in total. The van der Waals surface area contributed by atoms with Crippen molar-refractivity contribution in [3.05, 3.63) is 39.7 Å². The number of carbonyl (C=O) groups excluding carboxylic acids is 1. The van der Waals surface area contributed by atoms with Crippen LogP contribution < -0.4 is 16.1 Å². The van der Waals surface area contributed by atoms with Crippen LogP contribution in [0.4, 0.5) is 14.5 Å². The molecule has 2 saturated carbocycles. The van der Waals surface area contributed by atoms with Crippen molar-refractivity contribution >= 4 is 28.5 Å². The van der Waals surface area contributed by atoms with E-state index in [2.05, 4.69) is 10.6 Å². The SMILES string of the molecule is C[C@H](CCC(=O)O)NC(=O)c1cn(C2CCCC2)c2cc(NC3CCCCC3)c(F)c(F)c2c1=O. The molecule has 0 aliphatic heterocycles. The number of pyridine rings is 1. The van der Waals surface area contributed by atoms with Gasteiger partial charge >= 0.3 is 5.97 Å². The van der Waals surface area contributed by atoms with Crippen molar-refractivity contribution in [2.24, 2.45) is 0 Å². The highest BCUT2D eigenvalue weighted by molar-refractivity contribution is 5.98. The summed E-state index contributed by atoms with van der Waals surface area (Å²) in [5.41, 5.74) is -0.794. The Balaban J connectivity index is 1.77. The van der Waals surface area contributed by atoms with Crippen molar-refractivity contribution in [1.82, 2.24) is 9.88 Å². The molecule has 0 bridgehead atoms. The Morgan fingerprint density at radius 1 is 1.09 bits per heavy atom. The molecule has 7 nitrogen and oxygen atoms in total. The van der Waals surface area contributed by atoms with Crippen LogP contribution in [0.25, 0.3) is 10.9 Å². The van der Waals surface area contributed by atoms with E-state index in [0.29, 0.717) is 0 Å². The van der Waals surface area contributed by atoms with Gasteiger partial charge in [-0.1, -0.05) is 32.1 Å². The van der Waals surface area contributed by atoms with Gasteiger partial charge in [-0.25, -0.2) is 8.78 Å². The Morgan fingerprint density at radius 2 is 1.74 bits per heavy atom. The van der Waals surface area contributed by atoms with Crippen LogP contribution in [0.3, 0.4) is 0 Å². The molecule has 2 aliphatic rings. The number of carboxylic acid groups (broad SMARTS) is 1. The maximum absolute atomic E-state index is 15.4. The number of halogens is 2. The predicted octanol–water partition coefficient (Wildman–Crippen LogP) is 5.12. The molecule has 4 rings (SSSR count). The van der Waals surface area contributed by atoms with Crippen LogP contribution in [-0.4, -0.2) is 33.6 Å². The van der Waals surface area contributed by atoms with Crippen molar-refractivity contribution in [2.75, 3.05) is 5.32 Å². The molecule has 35 heavy (non-hydrogen) atoms. The normalized spacial score (nSPS) is 18.0. The van der Waals surface area contributed by atoms with Gasteiger partial charge in [0, 0.05) is 30.7 Å². The fraction of sp³-hybridized carbons (Fsp3) is 0.577. The van der Waals surface area contributed by atoms with E-state index in [1.54, 1.807) is 11.5 Å². The van der Waals surface area contributed by atoms with Gasteiger partial charge in [0.2, 0.25) is 5.43 Å². The molecule has 1 aromatic heterocycles. The topological polar surface area (TPSA) is 100 Å². The number of aromatic nitrogens is 1. The predicted molar refractivity (Wildman–Crippen MR) is 130 cm³/mol. The van der Waals surface area contributed by atoms with E-state index in [1.165, 1.54) is 12.3 Å². The number of anilines is 1. The second-order valence-electron chi connectivity index (χ2n) is 9.95. The zero-order chi connectivity index (χ0) is 25.1. The van der Waals surface area contributed by atoms with E-state index >= 15 is 8.78 Å². The summed E-state index contributed by atoms with van der Waals surface area (Å²) in [6.45, 7) is 1.64. The number of amides is 1. The lowest BCUT2D eigenvalue weighted by Gasteiger charge is -2.25. The lowest BCUT2D eigenvalue weighted by atomic mass is 9.95. The molecule has 2 aromatic rings. The molecule has 0 saturated heterocycles. The van der Waals surface area contributed by atoms with Crippen molar-refractivity contribution in [2.45, 2.75) is 95.7 Å². The van der Waals surface area contributed by atoms with Crippen LogP contribution in [0.2, 0.25) is 0 Å². The molecule has 1 amide bonds. The number of carboxylic acids is 1. The second kappa shape index (κ2) is 10.7. The minimum absolute atomic E-state index is 0.0264. The molecular weight excluding hydrogens is 456 g/mol. The average Bonchev–Trinajstić information content (AvgIpc) is 3.36. The third kappa shape index (κ3) is 5.49. The lowest BCUT2D eigenvalue weighted by molar-refractivity contribution is -0.137. The Bertz CT molecular complexity index is 1170. The maximum Gasteiger partial charge on any atom is 0.303 e. The fourth-order valence-electron chi connectivity index (χ4n) is 5.37. The monoisotopic (exact) mass is 489 g/mol. The van der Waals surface area contributed by atoms with Crippen LogP contribution >= 0.6 is 0 Å². The second-order valence-corrected chi connectivity index (χ2v) is 9.95. The summed E-state index contributed by atoms with van der Waals surface area (Å²) in [5.74, 6) is -4.06. The summed E-state index contributed by atoms with van der Waals surface area (Å²) in [7, 11) is 0. The van der Waals surface area contributed by atoms with E-state index in [0.717, 1.165) is 57.8 Å². The van der Waals surface area contributed by atoms with Crippen LogP contribution in [0.5, 0.6) is 0 Å². The van der Waals surface area contributed by atoms with Gasteiger partial charge in [-0.3, -0.25) is 14.4 Å². The standard InChI is InChI=1S/C26H33F2N3O4/c1-15(11-12-21(32)33)29-26(35)18-14-31(17-9-5-6-10-17)20-13-19(30-16-7-3-2-4-8-16)23(27)24(28)22(20)25(18)34/h13-17,30H,2-12H2,1H3,(H,29,35)(H,32,33)/t15-/m1/s1.